The molecule has 1 heterocycles. The molecule has 11 heteroatoms. The van der Waals surface area contributed by atoms with Crippen LogP contribution < -0.4 is 5.32 Å². The normalized spacial score (nSPS) is 19.7. The quantitative estimate of drug-likeness (QED) is 0.129. The number of methoxy groups -OCH3 is 2. The summed E-state index contributed by atoms with van der Waals surface area (Å²) in [4.78, 5) is 61.8. The van der Waals surface area contributed by atoms with Crippen molar-refractivity contribution >= 4 is 23.5 Å². The second-order valence-electron chi connectivity index (χ2n) is 16.8. The Balaban J connectivity index is 2.26. The van der Waals surface area contributed by atoms with Crippen LogP contribution in [0.2, 0.25) is 0 Å². The van der Waals surface area contributed by atoms with Crippen molar-refractivity contribution in [3.05, 3.63) is 35.9 Å². The number of amides is 3. The van der Waals surface area contributed by atoms with Gasteiger partial charge in [-0.25, -0.2) is 0 Å². The maximum atomic E-state index is 14.4. The molecule has 0 aliphatic carbocycles. The average Bonchev–Trinajstić information content (AvgIpc) is 3.65. The number of aliphatic hydroxyl groups excluding tert-OH is 1. The number of hydrogen-bond donors (Lipinski definition) is 2. The average molecular weight is 773 g/mol. The van der Waals surface area contributed by atoms with Gasteiger partial charge in [0.1, 0.15) is 0 Å². The highest BCUT2D eigenvalue weighted by Gasteiger charge is 2.43. The molecule has 1 aliphatic rings. The molecule has 55 heavy (non-hydrogen) atoms. The third-order valence-corrected chi connectivity index (χ3v) is 12.1. The number of rotatable bonds is 24. The molecule has 2 N–H and O–H groups in total. The molecule has 0 aromatic heterocycles. The minimum Gasteiger partial charge on any atom is -0.386 e. The maximum absolute atomic E-state index is 14.4. The summed E-state index contributed by atoms with van der Waals surface area (Å²) >= 11 is 0. The Labute approximate surface area is 333 Å². The molecule has 1 fully saturated rings. The van der Waals surface area contributed by atoms with Gasteiger partial charge in [0.2, 0.25) is 17.7 Å². The highest BCUT2D eigenvalue weighted by Crippen LogP contribution is 2.31. The summed E-state index contributed by atoms with van der Waals surface area (Å²) in [6.07, 6.45) is 2.46. The summed E-state index contributed by atoms with van der Waals surface area (Å²) in [6.45, 7) is 19.3. The Morgan fingerprint density at radius 3 is 2.09 bits per heavy atom. The van der Waals surface area contributed by atoms with E-state index in [0.29, 0.717) is 18.5 Å². The number of likely N-dealkylation sites (tertiary alicyclic amines) is 1. The molecule has 10 atom stereocenters. The van der Waals surface area contributed by atoms with E-state index in [2.05, 4.69) is 44.8 Å². The monoisotopic (exact) mass is 773 g/mol. The molecular weight excluding hydrogens is 697 g/mol. The van der Waals surface area contributed by atoms with Crippen LogP contribution in [0.1, 0.15) is 119 Å². The number of Topliss-reactive ketones (excluding diaryl/α,β-unsaturated/α-hetero) is 1. The molecule has 3 amide bonds. The van der Waals surface area contributed by atoms with Crippen LogP contribution >= 0.6 is 0 Å². The molecule has 1 aromatic rings. The second kappa shape index (κ2) is 23.4. The molecule has 2 rings (SSSR count). The molecule has 0 radical (unpaired) electrons. The zero-order chi connectivity index (χ0) is 41.6. The van der Waals surface area contributed by atoms with E-state index in [-0.39, 0.29) is 66.2 Å². The van der Waals surface area contributed by atoms with E-state index in [4.69, 9.17) is 9.47 Å². The van der Waals surface area contributed by atoms with Gasteiger partial charge in [-0.15, -0.1) is 0 Å². The summed E-state index contributed by atoms with van der Waals surface area (Å²) in [6, 6.07) is 7.69. The SMILES string of the molecule is CCCCN(C)[C@H](C(=O)C[C@H](C(=O)N(C)[C@@H]([C@@H](C)CC)[C@@H](CC(=O)N1CCC[C@H]1[C@H](OC)[C@@H](C)C(=O)N[C@H](C)[C@@H](O)c1ccccc1)OC)C(C)C)C(C)C. The van der Waals surface area contributed by atoms with Crippen LogP contribution in [-0.2, 0) is 28.7 Å². The molecule has 0 bridgehead atoms. The summed E-state index contributed by atoms with van der Waals surface area (Å²) < 4.78 is 12.0. The smallest absolute Gasteiger partial charge is 0.226 e. The van der Waals surface area contributed by atoms with Gasteiger partial charge in [0.05, 0.1) is 54.8 Å². The Morgan fingerprint density at radius 1 is 0.927 bits per heavy atom. The van der Waals surface area contributed by atoms with Crippen LogP contribution in [0.5, 0.6) is 0 Å². The van der Waals surface area contributed by atoms with E-state index < -0.39 is 42.2 Å². The van der Waals surface area contributed by atoms with Crippen molar-refractivity contribution in [2.75, 3.05) is 41.4 Å². The van der Waals surface area contributed by atoms with Crippen molar-refractivity contribution in [1.82, 2.24) is 20.0 Å². The Hall–Kier alpha value is -2.86. The molecular formula is C44H76N4O7. The largest absolute Gasteiger partial charge is 0.386 e. The van der Waals surface area contributed by atoms with Gasteiger partial charge in [-0.05, 0) is 63.1 Å². The number of hydrogen-bond acceptors (Lipinski definition) is 8. The first-order chi connectivity index (χ1) is 26.0. The number of likely N-dealkylation sites (N-methyl/N-ethyl adjacent to an activating group) is 2. The lowest BCUT2D eigenvalue weighted by atomic mass is 9.83. The first kappa shape index (κ1) is 48.3. The summed E-state index contributed by atoms with van der Waals surface area (Å²) in [5.74, 6) is -1.43. The van der Waals surface area contributed by atoms with E-state index in [9.17, 15) is 24.3 Å². The fraction of sp³-hybridized carbons (Fsp3) is 0.773. The molecule has 0 spiro atoms. The van der Waals surface area contributed by atoms with Crippen molar-refractivity contribution in [2.45, 2.75) is 150 Å². The third-order valence-electron chi connectivity index (χ3n) is 12.1. The lowest BCUT2D eigenvalue weighted by Gasteiger charge is -2.41. The number of nitrogens with zero attached hydrogens (tertiary/aromatic N) is 3. The van der Waals surface area contributed by atoms with Crippen LogP contribution in [0.3, 0.4) is 0 Å². The van der Waals surface area contributed by atoms with Crippen molar-refractivity contribution < 1.29 is 33.8 Å². The molecule has 1 aromatic carbocycles. The minimum absolute atomic E-state index is 0.0110. The van der Waals surface area contributed by atoms with Gasteiger partial charge in [0.25, 0.3) is 0 Å². The van der Waals surface area contributed by atoms with Crippen LogP contribution in [0, 0.1) is 29.6 Å². The predicted molar refractivity (Wildman–Crippen MR) is 219 cm³/mol. The summed E-state index contributed by atoms with van der Waals surface area (Å²) in [7, 11) is 6.95. The number of carbonyl (C=O) groups is 4. The topological polar surface area (TPSA) is 129 Å². The van der Waals surface area contributed by atoms with E-state index >= 15 is 0 Å². The van der Waals surface area contributed by atoms with Gasteiger partial charge in [-0.3, -0.25) is 24.1 Å². The number of ketones is 1. The predicted octanol–water partition coefficient (Wildman–Crippen LogP) is 6.13. The van der Waals surface area contributed by atoms with E-state index in [1.165, 1.54) is 0 Å². The van der Waals surface area contributed by atoms with Crippen LogP contribution in [0.25, 0.3) is 0 Å². The summed E-state index contributed by atoms with van der Waals surface area (Å²) in [5, 5.41) is 13.8. The van der Waals surface area contributed by atoms with Crippen LogP contribution in [0.4, 0.5) is 0 Å². The molecule has 1 aliphatic heterocycles. The zero-order valence-electron chi connectivity index (χ0n) is 36.4. The molecule has 11 nitrogen and oxygen atoms in total. The molecule has 0 saturated carbocycles. The Morgan fingerprint density at radius 2 is 1.56 bits per heavy atom. The molecule has 314 valence electrons. The third kappa shape index (κ3) is 13.1. The Kier molecular flexibility index (Phi) is 20.5. The van der Waals surface area contributed by atoms with Gasteiger partial charge >= 0.3 is 0 Å². The molecule has 1 saturated heterocycles. The first-order valence-corrected chi connectivity index (χ1v) is 20.8. The van der Waals surface area contributed by atoms with Gasteiger partial charge in [-0.1, -0.05) is 98.6 Å². The zero-order valence-corrected chi connectivity index (χ0v) is 36.4. The van der Waals surface area contributed by atoms with E-state index in [0.717, 1.165) is 32.2 Å². The van der Waals surface area contributed by atoms with Crippen molar-refractivity contribution in [2.24, 2.45) is 29.6 Å². The lowest BCUT2D eigenvalue weighted by Crippen LogP contribution is -2.54. The fourth-order valence-corrected chi connectivity index (χ4v) is 8.56. The van der Waals surface area contributed by atoms with Crippen molar-refractivity contribution in [1.29, 1.82) is 0 Å². The van der Waals surface area contributed by atoms with Crippen LogP contribution in [-0.4, -0.2) is 121 Å². The van der Waals surface area contributed by atoms with Crippen molar-refractivity contribution in [3.8, 4) is 0 Å². The van der Waals surface area contributed by atoms with Gasteiger partial charge in [-0.2, -0.15) is 0 Å². The minimum atomic E-state index is -0.872. The number of aliphatic hydroxyl groups is 1. The number of ether oxygens (including phenoxy) is 2. The van der Waals surface area contributed by atoms with Crippen molar-refractivity contribution in [3.63, 3.8) is 0 Å². The molecule has 0 unspecified atom stereocenters. The van der Waals surface area contributed by atoms with Gasteiger partial charge in [0.15, 0.2) is 5.78 Å². The number of carbonyl (C=O) groups excluding carboxylic acids is 4. The Bertz CT molecular complexity index is 1330. The second-order valence-corrected chi connectivity index (χ2v) is 16.8. The number of nitrogens with one attached hydrogen (secondary N) is 1. The van der Waals surface area contributed by atoms with Gasteiger partial charge in [0, 0.05) is 40.2 Å². The first-order valence-electron chi connectivity index (χ1n) is 20.8. The fourth-order valence-electron chi connectivity index (χ4n) is 8.56. The summed E-state index contributed by atoms with van der Waals surface area (Å²) in [5.41, 5.74) is 0.716. The highest BCUT2D eigenvalue weighted by molar-refractivity contribution is 5.90. The number of unbranched alkanes of at least 4 members (excludes halogenated alkanes) is 1. The maximum Gasteiger partial charge on any atom is 0.226 e. The highest BCUT2D eigenvalue weighted by atomic mass is 16.5. The number of benzene rings is 1. The van der Waals surface area contributed by atoms with Gasteiger partial charge < -0.3 is 29.7 Å². The standard InChI is InChI=1S/C44H76N4O7/c1-14-16-24-46(10)39(29(5)6)36(49)26-34(28(3)4)44(53)47(11)40(30(7)15-2)37(54-12)27-38(50)48-25-20-23-35(48)42(55-13)31(8)43(52)45-32(9)41(51)33-21-18-17-19-22-33/h17-19,21-22,28-32,34-35,37,39-42,51H,14-16,20,23-27H2,1-13H3,(H,45,52)/t30-,31+,32+,34-,35-,37+,39-,40-,41+,42+/m0/s1. The van der Waals surface area contributed by atoms with Crippen LogP contribution in [0.15, 0.2) is 30.3 Å². The van der Waals surface area contributed by atoms with E-state index in [1.54, 1.807) is 40.0 Å². The van der Waals surface area contributed by atoms with E-state index in [1.807, 2.05) is 56.1 Å². The lowest BCUT2D eigenvalue weighted by molar-refractivity contribution is -0.149.